The fraction of sp³-hybridized carbons (Fsp3) is 0.240. The van der Waals surface area contributed by atoms with Gasteiger partial charge >= 0.3 is 6.18 Å². The SMILES string of the molecule is COc1cccc(-n2c(SCC(=O)Nc3ccccc3C(F)(F)F)nc3sc4c(c3c2=O)CCC4)c1. The molecule has 2 heterocycles. The van der Waals surface area contributed by atoms with Crippen molar-refractivity contribution in [1.29, 1.82) is 0 Å². The Bertz CT molecular complexity index is 1530. The van der Waals surface area contributed by atoms with Crippen LogP contribution < -0.4 is 15.6 Å². The van der Waals surface area contributed by atoms with E-state index in [1.807, 2.05) is 0 Å². The molecule has 186 valence electrons. The number of rotatable bonds is 6. The first-order valence-corrected chi connectivity index (χ1v) is 12.9. The van der Waals surface area contributed by atoms with E-state index < -0.39 is 17.6 Å². The number of hydrogen-bond donors (Lipinski definition) is 1. The highest BCUT2D eigenvalue weighted by atomic mass is 32.2. The van der Waals surface area contributed by atoms with Gasteiger partial charge in [0.2, 0.25) is 5.91 Å². The molecule has 6 nitrogen and oxygen atoms in total. The number of nitrogens with one attached hydrogen (secondary N) is 1. The van der Waals surface area contributed by atoms with Crippen LogP contribution in [-0.2, 0) is 23.8 Å². The van der Waals surface area contributed by atoms with Crippen molar-refractivity contribution in [3.63, 3.8) is 0 Å². The predicted octanol–water partition coefficient (Wildman–Crippen LogP) is 5.69. The zero-order valence-electron chi connectivity index (χ0n) is 19.0. The lowest BCUT2D eigenvalue weighted by Crippen LogP contribution is -2.23. The smallest absolute Gasteiger partial charge is 0.418 e. The van der Waals surface area contributed by atoms with E-state index in [4.69, 9.17) is 9.72 Å². The summed E-state index contributed by atoms with van der Waals surface area (Å²) in [5.74, 6) is -0.330. The molecule has 0 saturated carbocycles. The quantitative estimate of drug-likeness (QED) is 0.256. The fourth-order valence-electron chi connectivity index (χ4n) is 4.25. The van der Waals surface area contributed by atoms with Crippen LogP contribution in [0.3, 0.4) is 0 Å². The summed E-state index contributed by atoms with van der Waals surface area (Å²) in [6, 6.07) is 11.7. The second-order valence-corrected chi connectivity index (χ2v) is 10.2. The van der Waals surface area contributed by atoms with Crippen molar-refractivity contribution < 1.29 is 22.7 Å². The third kappa shape index (κ3) is 4.60. The van der Waals surface area contributed by atoms with Gasteiger partial charge in [-0.25, -0.2) is 4.98 Å². The Hall–Kier alpha value is -3.31. The molecule has 2 aromatic heterocycles. The topological polar surface area (TPSA) is 73.2 Å². The number of para-hydroxylation sites is 1. The summed E-state index contributed by atoms with van der Waals surface area (Å²) < 4.78 is 46.7. The van der Waals surface area contributed by atoms with Gasteiger partial charge in [0.05, 0.1) is 35.2 Å². The predicted molar refractivity (Wildman–Crippen MR) is 135 cm³/mol. The number of hydrogen-bond acceptors (Lipinski definition) is 6. The van der Waals surface area contributed by atoms with Crippen LogP contribution in [0, 0.1) is 0 Å². The Kier molecular flexibility index (Phi) is 6.52. The van der Waals surface area contributed by atoms with Crippen molar-refractivity contribution in [2.75, 3.05) is 18.2 Å². The van der Waals surface area contributed by atoms with Crippen molar-refractivity contribution in [3.05, 3.63) is 74.9 Å². The van der Waals surface area contributed by atoms with E-state index in [2.05, 4.69) is 5.32 Å². The number of ether oxygens (including phenoxy) is 1. The van der Waals surface area contributed by atoms with Crippen molar-refractivity contribution in [3.8, 4) is 11.4 Å². The average Bonchev–Trinajstić information content (AvgIpc) is 3.43. The summed E-state index contributed by atoms with van der Waals surface area (Å²) in [5, 5.41) is 3.20. The maximum absolute atomic E-state index is 13.7. The molecule has 1 aliphatic rings. The van der Waals surface area contributed by atoms with E-state index in [0.29, 0.717) is 21.7 Å². The standard InChI is InChI=1S/C25H20F3N3O3S2/c1-34-15-7-4-6-14(12-15)31-23(33)21-16-8-5-11-19(16)36-22(21)30-24(31)35-13-20(32)29-18-10-3-2-9-17(18)25(26,27)28/h2-4,6-7,9-10,12H,5,8,11,13H2,1H3,(H,29,32). The van der Waals surface area contributed by atoms with Crippen molar-refractivity contribution >= 4 is 44.9 Å². The zero-order chi connectivity index (χ0) is 25.4. The number of fused-ring (bicyclic) bond motifs is 3. The third-order valence-electron chi connectivity index (χ3n) is 5.86. The van der Waals surface area contributed by atoms with Crippen LogP contribution in [0.1, 0.15) is 22.4 Å². The number of anilines is 1. The number of thioether (sulfide) groups is 1. The molecule has 0 unspecified atom stereocenters. The molecule has 36 heavy (non-hydrogen) atoms. The first-order valence-electron chi connectivity index (χ1n) is 11.1. The number of aromatic nitrogens is 2. The molecule has 2 aromatic carbocycles. The Morgan fingerprint density at radius 2 is 2.00 bits per heavy atom. The van der Waals surface area contributed by atoms with E-state index in [1.165, 1.54) is 41.2 Å². The molecule has 0 saturated heterocycles. The van der Waals surface area contributed by atoms with Crippen LogP contribution >= 0.6 is 23.1 Å². The lowest BCUT2D eigenvalue weighted by atomic mass is 10.1. The van der Waals surface area contributed by atoms with E-state index in [1.54, 1.807) is 24.3 Å². The summed E-state index contributed by atoms with van der Waals surface area (Å²) in [6.45, 7) is 0. The first-order chi connectivity index (χ1) is 17.3. The van der Waals surface area contributed by atoms with Gasteiger partial charge in [0.1, 0.15) is 10.6 Å². The molecule has 5 rings (SSSR count). The average molecular weight is 532 g/mol. The number of amides is 1. The normalized spacial score (nSPS) is 13.1. The van der Waals surface area contributed by atoms with E-state index >= 15 is 0 Å². The molecule has 0 atom stereocenters. The van der Waals surface area contributed by atoms with Gasteiger partial charge in [0, 0.05) is 10.9 Å². The van der Waals surface area contributed by atoms with Gasteiger partial charge in [-0.1, -0.05) is 30.0 Å². The number of carbonyl (C=O) groups is 1. The summed E-state index contributed by atoms with van der Waals surface area (Å²) >= 11 is 2.47. The summed E-state index contributed by atoms with van der Waals surface area (Å²) in [5.41, 5.74) is 0.0698. The molecule has 0 bridgehead atoms. The van der Waals surface area contributed by atoms with Gasteiger partial charge in [-0.15, -0.1) is 11.3 Å². The molecule has 4 aromatic rings. The van der Waals surface area contributed by atoms with E-state index in [9.17, 15) is 22.8 Å². The number of halogens is 3. The molecule has 0 fully saturated rings. The fourth-order valence-corrected chi connectivity index (χ4v) is 6.37. The van der Waals surface area contributed by atoms with Crippen LogP contribution in [-0.4, -0.2) is 28.3 Å². The number of benzene rings is 2. The van der Waals surface area contributed by atoms with Crippen LogP contribution in [0.25, 0.3) is 15.9 Å². The highest BCUT2D eigenvalue weighted by Gasteiger charge is 2.33. The second kappa shape index (κ2) is 9.62. The first kappa shape index (κ1) is 24.4. The molecule has 1 amide bonds. The van der Waals surface area contributed by atoms with E-state index in [-0.39, 0.29) is 22.2 Å². The number of aryl methyl sites for hydroxylation is 2. The minimum Gasteiger partial charge on any atom is -0.497 e. The van der Waals surface area contributed by atoms with Crippen LogP contribution in [0.5, 0.6) is 5.75 Å². The van der Waals surface area contributed by atoms with Crippen molar-refractivity contribution in [1.82, 2.24) is 9.55 Å². The van der Waals surface area contributed by atoms with Crippen LogP contribution in [0.4, 0.5) is 18.9 Å². The highest BCUT2D eigenvalue weighted by Crippen LogP contribution is 2.37. The molecule has 0 aliphatic heterocycles. The second-order valence-electron chi connectivity index (χ2n) is 8.15. The maximum atomic E-state index is 13.7. The number of nitrogens with zero attached hydrogens (tertiary/aromatic N) is 2. The van der Waals surface area contributed by atoms with Crippen LogP contribution in [0.2, 0.25) is 0 Å². The lowest BCUT2D eigenvalue weighted by molar-refractivity contribution is -0.137. The Morgan fingerprint density at radius 1 is 1.19 bits per heavy atom. The number of carbonyl (C=O) groups excluding carboxylic acids is 1. The molecular weight excluding hydrogens is 511 g/mol. The molecule has 0 radical (unpaired) electrons. The minimum absolute atomic E-state index is 0.237. The van der Waals surface area contributed by atoms with Gasteiger partial charge < -0.3 is 10.1 Å². The minimum atomic E-state index is -4.60. The number of thiophene rings is 1. The van der Waals surface area contributed by atoms with Gasteiger partial charge in [-0.05, 0) is 49.1 Å². The Morgan fingerprint density at radius 3 is 2.78 bits per heavy atom. The van der Waals surface area contributed by atoms with Crippen molar-refractivity contribution in [2.24, 2.45) is 0 Å². The van der Waals surface area contributed by atoms with Crippen molar-refractivity contribution in [2.45, 2.75) is 30.6 Å². The van der Waals surface area contributed by atoms with Crippen LogP contribution in [0.15, 0.2) is 58.5 Å². The highest BCUT2D eigenvalue weighted by molar-refractivity contribution is 7.99. The monoisotopic (exact) mass is 531 g/mol. The largest absolute Gasteiger partial charge is 0.497 e. The lowest BCUT2D eigenvalue weighted by Gasteiger charge is -2.15. The maximum Gasteiger partial charge on any atom is 0.418 e. The molecule has 11 heteroatoms. The van der Waals surface area contributed by atoms with Gasteiger partial charge in [-0.2, -0.15) is 13.2 Å². The molecule has 1 N–H and O–H groups in total. The molecular formula is C25H20F3N3O3S2. The Balaban J connectivity index is 1.50. The zero-order valence-corrected chi connectivity index (χ0v) is 20.6. The summed E-state index contributed by atoms with van der Waals surface area (Å²) in [7, 11) is 1.52. The third-order valence-corrected chi connectivity index (χ3v) is 7.98. The summed E-state index contributed by atoms with van der Waals surface area (Å²) in [6.07, 6.45) is -1.89. The molecule has 0 spiro atoms. The van der Waals surface area contributed by atoms with E-state index in [0.717, 1.165) is 47.5 Å². The van der Waals surface area contributed by atoms with Gasteiger partial charge in [0.15, 0.2) is 5.16 Å². The van der Waals surface area contributed by atoms with Gasteiger partial charge in [-0.3, -0.25) is 14.2 Å². The number of methoxy groups -OCH3 is 1. The van der Waals surface area contributed by atoms with Gasteiger partial charge in [0.25, 0.3) is 5.56 Å². The Labute approximate surface area is 212 Å². The number of alkyl halides is 3. The molecule has 1 aliphatic carbocycles. The summed E-state index contributed by atoms with van der Waals surface area (Å²) in [4.78, 5) is 32.8.